The summed E-state index contributed by atoms with van der Waals surface area (Å²) >= 11 is 5.99. The summed E-state index contributed by atoms with van der Waals surface area (Å²) in [5.41, 5.74) is 0.767. The molecule has 0 saturated carbocycles. The number of imidazole rings is 1. The molecule has 0 aliphatic heterocycles. The van der Waals surface area contributed by atoms with Gasteiger partial charge in [-0.1, -0.05) is 23.7 Å². The third-order valence-corrected chi connectivity index (χ3v) is 2.17. The molecule has 0 spiro atoms. The molecule has 4 heteroatoms. The van der Waals surface area contributed by atoms with Crippen LogP contribution in [-0.2, 0) is 0 Å². The van der Waals surface area contributed by atoms with Gasteiger partial charge >= 0.3 is 0 Å². The molecule has 0 atom stereocenters. The molecule has 0 bridgehead atoms. The van der Waals surface area contributed by atoms with E-state index in [-0.39, 0.29) is 0 Å². The second-order valence-corrected chi connectivity index (χ2v) is 3.09. The Morgan fingerprint density at radius 2 is 2.14 bits per heavy atom. The first kappa shape index (κ1) is 8.79. The molecule has 0 unspecified atom stereocenters. The molecule has 1 aromatic heterocycles. The van der Waals surface area contributed by atoms with Crippen molar-refractivity contribution in [3.63, 3.8) is 0 Å². The van der Waals surface area contributed by atoms with Gasteiger partial charge in [-0.2, -0.15) is 5.26 Å². The van der Waals surface area contributed by atoms with Crippen molar-refractivity contribution in [2.45, 2.75) is 0 Å². The standard InChI is InChI=1S/C10H6ClN3/c11-8-3-1-2-4-9(8)14-6-5-13-10(14)7-12/h1-6H. The predicted octanol–water partition coefficient (Wildman–Crippen LogP) is 2.40. The molecule has 0 aliphatic rings. The van der Waals surface area contributed by atoms with E-state index in [2.05, 4.69) is 4.98 Å². The van der Waals surface area contributed by atoms with Crippen LogP contribution in [0.3, 0.4) is 0 Å². The van der Waals surface area contributed by atoms with E-state index in [9.17, 15) is 0 Å². The zero-order valence-electron chi connectivity index (χ0n) is 7.18. The van der Waals surface area contributed by atoms with E-state index >= 15 is 0 Å². The molecule has 1 aromatic carbocycles. The summed E-state index contributed by atoms with van der Waals surface area (Å²) < 4.78 is 1.66. The Labute approximate surface area is 86.2 Å². The van der Waals surface area contributed by atoms with Crippen LogP contribution in [0.25, 0.3) is 5.69 Å². The smallest absolute Gasteiger partial charge is 0.217 e. The normalized spacial score (nSPS) is 9.71. The number of hydrogen-bond acceptors (Lipinski definition) is 2. The number of hydrogen-bond donors (Lipinski definition) is 0. The Morgan fingerprint density at radius 1 is 1.36 bits per heavy atom. The first-order valence-corrected chi connectivity index (χ1v) is 4.39. The van der Waals surface area contributed by atoms with Gasteiger partial charge in [-0.25, -0.2) is 4.98 Å². The maximum absolute atomic E-state index is 8.78. The minimum Gasteiger partial charge on any atom is -0.290 e. The largest absolute Gasteiger partial charge is 0.290 e. The molecule has 2 rings (SSSR count). The van der Waals surface area contributed by atoms with E-state index < -0.39 is 0 Å². The van der Waals surface area contributed by atoms with Gasteiger partial charge in [0.2, 0.25) is 5.82 Å². The fraction of sp³-hybridized carbons (Fsp3) is 0. The summed E-state index contributed by atoms with van der Waals surface area (Å²) in [6.07, 6.45) is 3.28. The number of benzene rings is 1. The summed E-state index contributed by atoms with van der Waals surface area (Å²) in [4.78, 5) is 3.90. The van der Waals surface area contributed by atoms with Crippen molar-refractivity contribution in [2.24, 2.45) is 0 Å². The average Bonchev–Trinajstić information content (AvgIpc) is 2.66. The fourth-order valence-corrected chi connectivity index (χ4v) is 1.45. The highest BCUT2D eigenvalue weighted by atomic mass is 35.5. The lowest BCUT2D eigenvalue weighted by atomic mass is 10.3. The number of halogens is 1. The lowest BCUT2D eigenvalue weighted by Crippen LogP contribution is -1.96. The Balaban J connectivity index is 2.62. The van der Waals surface area contributed by atoms with E-state index in [0.29, 0.717) is 10.8 Å². The Kier molecular flexibility index (Phi) is 2.21. The Bertz CT molecular complexity index is 496. The third-order valence-electron chi connectivity index (χ3n) is 1.85. The summed E-state index contributed by atoms with van der Waals surface area (Å²) in [5.74, 6) is 0.332. The van der Waals surface area contributed by atoms with Gasteiger partial charge in [0, 0.05) is 12.4 Å². The molecule has 14 heavy (non-hydrogen) atoms. The minimum absolute atomic E-state index is 0.332. The van der Waals surface area contributed by atoms with Crippen LogP contribution >= 0.6 is 11.6 Å². The first-order chi connectivity index (χ1) is 6.83. The number of rotatable bonds is 1. The zero-order valence-corrected chi connectivity index (χ0v) is 7.94. The Hall–Kier alpha value is -1.79. The highest BCUT2D eigenvalue weighted by molar-refractivity contribution is 6.32. The summed E-state index contributed by atoms with van der Waals surface area (Å²) in [6, 6.07) is 9.31. The van der Waals surface area contributed by atoms with Crippen LogP contribution in [0.2, 0.25) is 5.02 Å². The van der Waals surface area contributed by atoms with Crippen molar-refractivity contribution < 1.29 is 0 Å². The van der Waals surface area contributed by atoms with Crippen LogP contribution in [0.4, 0.5) is 0 Å². The van der Waals surface area contributed by atoms with E-state index in [0.717, 1.165) is 5.69 Å². The number of para-hydroxylation sites is 1. The molecule has 0 aliphatic carbocycles. The first-order valence-electron chi connectivity index (χ1n) is 4.01. The molecule has 1 heterocycles. The van der Waals surface area contributed by atoms with Gasteiger partial charge < -0.3 is 0 Å². The second kappa shape index (κ2) is 3.52. The molecular formula is C10H6ClN3. The number of aromatic nitrogens is 2. The monoisotopic (exact) mass is 203 g/mol. The van der Waals surface area contributed by atoms with Crippen molar-refractivity contribution in [1.82, 2.24) is 9.55 Å². The molecule has 0 saturated heterocycles. The summed E-state index contributed by atoms with van der Waals surface area (Å²) in [6.45, 7) is 0. The highest BCUT2D eigenvalue weighted by Gasteiger charge is 2.06. The van der Waals surface area contributed by atoms with E-state index in [1.165, 1.54) is 0 Å². The SMILES string of the molecule is N#Cc1nccn1-c1ccccc1Cl. The van der Waals surface area contributed by atoms with Gasteiger partial charge in [0.1, 0.15) is 6.07 Å². The van der Waals surface area contributed by atoms with Gasteiger partial charge in [0.15, 0.2) is 0 Å². The van der Waals surface area contributed by atoms with E-state index in [1.807, 2.05) is 24.3 Å². The number of nitriles is 1. The van der Waals surface area contributed by atoms with Gasteiger partial charge in [0.05, 0.1) is 10.7 Å². The van der Waals surface area contributed by atoms with Crippen molar-refractivity contribution >= 4 is 11.6 Å². The molecule has 0 fully saturated rings. The maximum Gasteiger partial charge on any atom is 0.217 e. The lowest BCUT2D eigenvalue weighted by Gasteiger charge is -2.04. The molecule has 0 N–H and O–H groups in total. The third kappa shape index (κ3) is 1.36. The van der Waals surface area contributed by atoms with Crippen molar-refractivity contribution in [3.8, 4) is 11.8 Å². The van der Waals surface area contributed by atoms with E-state index in [1.54, 1.807) is 23.0 Å². The van der Waals surface area contributed by atoms with Crippen molar-refractivity contribution in [2.75, 3.05) is 0 Å². The minimum atomic E-state index is 0.332. The quantitative estimate of drug-likeness (QED) is 0.714. The average molecular weight is 204 g/mol. The molecule has 3 nitrogen and oxygen atoms in total. The van der Waals surface area contributed by atoms with Crippen LogP contribution in [0.5, 0.6) is 0 Å². The van der Waals surface area contributed by atoms with Gasteiger partial charge in [-0.3, -0.25) is 4.57 Å². The molecular weight excluding hydrogens is 198 g/mol. The number of nitrogens with zero attached hydrogens (tertiary/aromatic N) is 3. The second-order valence-electron chi connectivity index (χ2n) is 2.68. The zero-order chi connectivity index (χ0) is 9.97. The topological polar surface area (TPSA) is 41.6 Å². The van der Waals surface area contributed by atoms with Crippen LogP contribution in [0, 0.1) is 11.3 Å². The molecule has 0 amide bonds. The Morgan fingerprint density at radius 3 is 2.86 bits per heavy atom. The highest BCUT2D eigenvalue weighted by Crippen LogP contribution is 2.20. The molecule has 0 radical (unpaired) electrons. The van der Waals surface area contributed by atoms with Crippen LogP contribution < -0.4 is 0 Å². The predicted molar refractivity (Wildman–Crippen MR) is 53.3 cm³/mol. The maximum atomic E-state index is 8.78. The molecule has 68 valence electrons. The van der Waals surface area contributed by atoms with Gasteiger partial charge in [-0.15, -0.1) is 0 Å². The van der Waals surface area contributed by atoms with E-state index in [4.69, 9.17) is 16.9 Å². The molecule has 2 aromatic rings. The fourth-order valence-electron chi connectivity index (χ4n) is 1.23. The van der Waals surface area contributed by atoms with Crippen molar-refractivity contribution in [1.29, 1.82) is 5.26 Å². The van der Waals surface area contributed by atoms with Gasteiger partial charge in [-0.05, 0) is 12.1 Å². The van der Waals surface area contributed by atoms with Crippen LogP contribution in [-0.4, -0.2) is 9.55 Å². The van der Waals surface area contributed by atoms with Crippen LogP contribution in [0.15, 0.2) is 36.7 Å². The summed E-state index contributed by atoms with van der Waals surface area (Å²) in [5, 5.41) is 9.38. The van der Waals surface area contributed by atoms with Gasteiger partial charge in [0.25, 0.3) is 0 Å². The van der Waals surface area contributed by atoms with Crippen LogP contribution in [0.1, 0.15) is 5.82 Å². The summed E-state index contributed by atoms with van der Waals surface area (Å²) in [7, 11) is 0. The van der Waals surface area contributed by atoms with Crippen molar-refractivity contribution in [3.05, 3.63) is 47.5 Å². The lowest BCUT2D eigenvalue weighted by molar-refractivity contribution is 1.02.